The molecular formula is C18H28N2O7. The smallest absolute Gasteiger partial charge is 0.272 e. The molecule has 4 N–H and O–H groups in total. The Morgan fingerprint density at radius 2 is 1.96 bits per heavy atom. The van der Waals surface area contributed by atoms with Crippen LogP contribution in [0.5, 0.6) is 0 Å². The molecule has 1 aromatic rings. The lowest BCUT2D eigenvalue weighted by molar-refractivity contribution is -0.105. The summed E-state index contributed by atoms with van der Waals surface area (Å²) in [5.41, 5.74) is 0.164. The van der Waals surface area contributed by atoms with E-state index in [1.165, 1.54) is 24.3 Å². The lowest BCUT2D eigenvalue weighted by atomic mass is 10.1. The second-order valence-corrected chi connectivity index (χ2v) is 6.61. The number of amides is 1. The van der Waals surface area contributed by atoms with E-state index < -0.39 is 36.4 Å². The number of β-amino-alcohol motifs (C(OH)–C–C–N with tert-alkyl or cyclic N) is 1. The molecule has 2 heterocycles. The van der Waals surface area contributed by atoms with Crippen LogP contribution >= 0.6 is 0 Å². The van der Waals surface area contributed by atoms with Crippen LogP contribution in [-0.2, 0) is 9.47 Å². The molecule has 152 valence electrons. The van der Waals surface area contributed by atoms with Gasteiger partial charge < -0.3 is 34.8 Å². The lowest BCUT2D eigenvalue weighted by Gasteiger charge is -2.32. The molecule has 2 rings (SSSR count). The van der Waals surface area contributed by atoms with Crippen LogP contribution in [0.2, 0.25) is 0 Å². The lowest BCUT2D eigenvalue weighted by Crippen LogP contribution is -2.51. The van der Waals surface area contributed by atoms with E-state index in [2.05, 4.69) is 4.98 Å². The Kier molecular flexibility index (Phi) is 8.55. The molecular weight excluding hydrogens is 356 g/mol. The number of aliphatic hydroxyl groups excluding tert-OH is 4. The van der Waals surface area contributed by atoms with Crippen molar-refractivity contribution in [3.63, 3.8) is 0 Å². The molecule has 0 radical (unpaired) electrons. The highest BCUT2D eigenvalue weighted by molar-refractivity contribution is 5.92. The SMILES string of the molecule is CO[C@@H]1CN(C(=O)c2ccccn2)C[C@@H](O)[C@H](O)CCCOC[C@@H](O)[C@H]1O. The van der Waals surface area contributed by atoms with Gasteiger partial charge in [0.15, 0.2) is 0 Å². The fraction of sp³-hybridized carbons (Fsp3) is 0.667. The molecule has 27 heavy (non-hydrogen) atoms. The maximum Gasteiger partial charge on any atom is 0.272 e. The highest BCUT2D eigenvalue weighted by atomic mass is 16.5. The highest BCUT2D eigenvalue weighted by Gasteiger charge is 2.32. The molecule has 1 aliphatic heterocycles. The summed E-state index contributed by atoms with van der Waals surface area (Å²) in [7, 11) is 1.36. The van der Waals surface area contributed by atoms with Crippen molar-refractivity contribution in [2.45, 2.75) is 43.4 Å². The third-order valence-corrected chi connectivity index (χ3v) is 4.58. The summed E-state index contributed by atoms with van der Waals surface area (Å²) in [5.74, 6) is -0.475. The van der Waals surface area contributed by atoms with Crippen molar-refractivity contribution in [1.29, 1.82) is 0 Å². The van der Waals surface area contributed by atoms with Crippen LogP contribution < -0.4 is 0 Å². The molecule has 1 fully saturated rings. The van der Waals surface area contributed by atoms with Crippen LogP contribution in [0.15, 0.2) is 24.4 Å². The minimum atomic E-state index is -1.29. The highest BCUT2D eigenvalue weighted by Crippen LogP contribution is 2.14. The van der Waals surface area contributed by atoms with E-state index in [1.807, 2.05) is 0 Å². The van der Waals surface area contributed by atoms with E-state index in [1.54, 1.807) is 12.1 Å². The number of carbonyl (C=O) groups is 1. The number of ether oxygens (including phenoxy) is 2. The second-order valence-electron chi connectivity index (χ2n) is 6.61. The molecule has 1 aromatic heterocycles. The first-order chi connectivity index (χ1) is 12.9. The normalized spacial score (nSPS) is 31.4. The molecule has 9 heteroatoms. The molecule has 1 saturated heterocycles. The molecule has 0 aliphatic carbocycles. The molecule has 9 nitrogen and oxygen atoms in total. The van der Waals surface area contributed by atoms with Gasteiger partial charge in [-0.1, -0.05) is 6.07 Å². The van der Waals surface area contributed by atoms with Gasteiger partial charge in [0.1, 0.15) is 24.0 Å². The van der Waals surface area contributed by atoms with Crippen molar-refractivity contribution in [3.8, 4) is 0 Å². The third-order valence-electron chi connectivity index (χ3n) is 4.58. The fourth-order valence-corrected chi connectivity index (χ4v) is 2.92. The van der Waals surface area contributed by atoms with Gasteiger partial charge in [0.2, 0.25) is 0 Å². The minimum Gasteiger partial charge on any atom is -0.390 e. The zero-order valence-electron chi connectivity index (χ0n) is 15.3. The van der Waals surface area contributed by atoms with Gasteiger partial charge >= 0.3 is 0 Å². The van der Waals surface area contributed by atoms with E-state index in [0.29, 0.717) is 6.42 Å². The van der Waals surface area contributed by atoms with E-state index in [9.17, 15) is 25.2 Å². The number of hydrogen-bond donors (Lipinski definition) is 4. The van der Waals surface area contributed by atoms with Crippen LogP contribution in [0.4, 0.5) is 0 Å². The number of aromatic nitrogens is 1. The zero-order valence-corrected chi connectivity index (χ0v) is 15.3. The average Bonchev–Trinajstić information content (AvgIpc) is 2.69. The van der Waals surface area contributed by atoms with Gasteiger partial charge in [0.05, 0.1) is 18.8 Å². The van der Waals surface area contributed by atoms with Gasteiger partial charge in [-0.3, -0.25) is 9.78 Å². The van der Waals surface area contributed by atoms with Crippen molar-refractivity contribution in [1.82, 2.24) is 9.88 Å². The molecule has 5 atom stereocenters. The van der Waals surface area contributed by atoms with Gasteiger partial charge in [0, 0.05) is 33.0 Å². The number of hydrogen-bond acceptors (Lipinski definition) is 8. The van der Waals surface area contributed by atoms with E-state index in [0.717, 1.165) is 0 Å². The Labute approximate surface area is 158 Å². The first-order valence-corrected chi connectivity index (χ1v) is 8.97. The van der Waals surface area contributed by atoms with Gasteiger partial charge in [-0.15, -0.1) is 0 Å². The van der Waals surface area contributed by atoms with Crippen molar-refractivity contribution < 1.29 is 34.7 Å². The van der Waals surface area contributed by atoms with Crippen LogP contribution in [0.3, 0.4) is 0 Å². The molecule has 0 bridgehead atoms. The second kappa shape index (κ2) is 10.6. The zero-order chi connectivity index (χ0) is 19.8. The van der Waals surface area contributed by atoms with Crippen molar-refractivity contribution >= 4 is 5.91 Å². The summed E-state index contributed by atoms with van der Waals surface area (Å²) < 4.78 is 10.6. The number of nitrogens with zero attached hydrogens (tertiary/aromatic N) is 2. The van der Waals surface area contributed by atoms with Crippen LogP contribution in [0.1, 0.15) is 23.3 Å². The Morgan fingerprint density at radius 1 is 1.19 bits per heavy atom. The number of rotatable bonds is 2. The predicted octanol–water partition coefficient (Wildman–Crippen LogP) is -1.21. The number of methoxy groups -OCH3 is 1. The first-order valence-electron chi connectivity index (χ1n) is 8.97. The van der Waals surface area contributed by atoms with E-state index in [-0.39, 0.29) is 38.4 Å². The van der Waals surface area contributed by atoms with Gasteiger partial charge in [0.25, 0.3) is 5.91 Å². The molecule has 0 aromatic carbocycles. The summed E-state index contributed by atoms with van der Waals surface area (Å²) in [6.07, 6.45) is -3.41. The summed E-state index contributed by atoms with van der Waals surface area (Å²) in [6, 6.07) is 4.87. The van der Waals surface area contributed by atoms with Gasteiger partial charge in [-0.05, 0) is 25.0 Å². The molecule has 1 aliphatic rings. The molecule has 1 amide bonds. The number of pyridine rings is 1. The fourth-order valence-electron chi connectivity index (χ4n) is 2.92. The van der Waals surface area contributed by atoms with Crippen LogP contribution in [-0.4, -0.2) is 100 Å². The van der Waals surface area contributed by atoms with E-state index >= 15 is 0 Å². The summed E-state index contributed by atoms with van der Waals surface area (Å²) >= 11 is 0. The molecule has 0 saturated carbocycles. The van der Waals surface area contributed by atoms with Crippen molar-refractivity contribution in [2.75, 3.05) is 33.4 Å². The van der Waals surface area contributed by atoms with E-state index in [4.69, 9.17) is 9.47 Å². The average molecular weight is 384 g/mol. The molecule has 0 unspecified atom stereocenters. The predicted molar refractivity (Wildman–Crippen MR) is 95.0 cm³/mol. The largest absolute Gasteiger partial charge is 0.390 e. The van der Waals surface area contributed by atoms with Gasteiger partial charge in [-0.2, -0.15) is 0 Å². The Balaban J connectivity index is 2.25. The Hall–Kier alpha value is -1.62. The maximum atomic E-state index is 12.8. The number of carbonyl (C=O) groups excluding carboxylic acids is 1. The van der Waals surface area contributed by atoms with Crippen molar-refractivity contribution in [2.24, 2.45) is 0 Å². The topological polar surface area (TPSA) is 133 Å². The Morgan fingerprint density at radius 3 is 2.63 bits per heavy atom. The maximum absolute atomic E-state index is 12.8. The summed E-state index contributed by atoms with van der Waals surface area (Å²) in [4.78, 5) is 18.1. The van der Waals surface area contributed by atoms with Crippen LogP contribution in [0.25, 0.3) is 0 Å². The van der Waals surface area contributed by atoms with Crippen LogP contribution in [0, 0.1) is 0 Å². The number of aliphatic hydroxyl groups is 4. The third kappa shape index (κ3) is 6.20. The van der Waals surface area contributed by atoms with Gasteiger partial charge in [-0.25, -0.2) is 0 Å². The molecule has 0 spiro atoms. The Bertz CT molecular complexity index is 574. The quantitative estimate of drug-likeness (QED) is 0.499. The summed E-state index contributed by atoms with van der Waals surface area (Å²) in [6.45, 7) is -0.107. The standard InChI is InChI=1S/C18H28N2O7/c1-26-16-10-20(18(25)12-5-2-3-7-19-12)9-14(22)13(21)6-4-8-27-11-15(23)17(16)24/h2-3,5,7,13-17,21-24H,4,6,8-11H2,1H3/t13-,14-,15-,16-,17-/m1/s1. The minimum absolute atomic E-state index is 0.103. The van der Waals surface area contributed by atoms with Crippen molar-refractivity contribution in [3.05, 3.63) is 30.1 Å². The first kappa shape index (κ1) is 21.7. The monoisotopic (exact) mass is 384 g/mol. The summed E-state index contributed by atoms with van der Waals surface area (Å²) in [5, 5.41) is 40.9.